The van der Waals surface area contributed by atoms with E-state index in [9.17, 15) is 9.59 Å². The molecule has 0 radical (unpaired) electrons. The molecule has 0 aromatic heterocycles. The average Bonchev–Trinajstić information content (AvgIpc) is 2.60. The molecular weight excluding hydrogens is 388 g/mol. The number of carbonyl (C=O) groups excluding carboxylic acids is 2. The summed E-state index contributed by atoms with van der Waals surface area (Å²) < 4.78 is 10.5. The molecule has 0 unspecified atom stereocenters. The summed E-state index contributed by atoms with van der Waals surface area (Å²) in [5, 5.41) is 6.42. The molecule has 0 spiro atoms. The Labute approximate surface area is 176 Å². The minimum absolute atomic E-state index is 0.234. The third-order valence-corrected chi connectivity index (χ3v) is 3.83. The van der Waals surface area contributed by atoms with Crippen LogP contribution in [0.2, 0.25) is 0 Å². The van der Waals surface area contributed by atoms with Gasteiger partial charge in [-0.2, -0.15) is 0 Å². The van der Waals surface area contributed by atoms with E-state index in [1.807, 2.05) is 31.2 Å². The summed E-state index contributed by atoms with van der Waals surface area (Å²) in [5.41, 5.74) is 2.87. The Morgan fingerprint density at radius 3 is 1.83 bits per heavy atom. The van der Waals surface area contributed by atoms with E-state index >= 15 is 0 Å². The maximum Gasteiger partial charge on any atom is 0.338 e. The van der Waals surface area contributed by atoms with E-state index in [1.54, 1.807) is 39.8 Å². The molecule has 0 saturated carbocycles. The second-order valence-corrected chi connectivity index (χ2v) is 7.56. The number of esters is 2. The Kier molecular flexibility index (Phi) is 7.73. The highest BCUT2D eigenvalue weighted by molar-refractivity contribution is 7.80. The molecular formula is C22H26N2O4S. The van der Waals surface area contributed by atoms with Crippen LogP contribution in [-0.4, -0.2) is 29.3 Å². The summed E-state index contributed by atoms with van der Waals surface area (Å²) >= 11 is 5.36. The number of thiocarbonyl (C=S) groups is 1. The van der Waals surface area contributed by atoms with Crippen LogP contribution in [0.5, 0.6) is 0 Å². The fourth-order valence-corrected chi connectivity index (χ4v) is 2.75. The molecule has 0 aliphatic heterocycles. The largest absolute Gasteiger partial charge is 0.459 e. The van der Waals surface area contributed by atoms with Gasteiger partial charge in [0.1, 0.15) is 0 Å². The highest BCUT2D eigenvalue weighted by Crippen LogP contribution is 2.19. The van der Waals surface area contributed by atoms with Crippen LogP contribution in [0.4, 0.5) is 11.4 Å². The summed E-state index contributed by atoms with van der Waals surface area (Å²) in [6.45, 7) is 9.02. The van der Waals surface area contributed by atoms with E-state index in [1.165, 1.54) is 6.07 Å². The van der Waals surface area contributed by atoms with Crippen molar-refractivity contribution in [1.82, 2.24) is 0 Å². The molecule has 6 nitrogen and oxygen atoms in total. The molecule has 0 heterocycles. The Balaban J connectivity index is 2.27. The lowest BCUT2D eigenvalue weighted by molar-refractivity contribution is 0.0377. The molecule has 2 rings (SSSR count). The van der Waals surface area contributed by atoms with E-state index in [2.05, 4.69) is 10.6 Å². The van der Waals surface area contributed by atoms with Gasteiger partial charge >= 0.3 is 11.9 Å². The lowest BCUT2D eigenvalue weighted by atomic mass is 10.1. The molecule has 0 bridgehead atoms. The lowest BCUT2D eigenvalue weighted by Crippen LogP contribution is -2.20. The van der Waals surface area contributed by atoms with Gasteiger partial charge in [-0.3, -0.25) is 0 Å². The predicted octanol–water partition coefficient (Wildman–Crippen LogP) is 4.93. The highest BCUT2D eigenvalue weighted by atomic mass is 32.1. The van der Waals surface area contributed by atoms with E-state index < -0.39 is 11.9 Å². The summed E-state index contributed by atoms with van der Waals surface area (Å²) in [7, 11) is 0. The van der Waals surface area contributed by atoms with Crippen LogP contribution in [0, 0.1) is 6.92 Å². The van der Waals surface area contributed by atoms with Crippen molar-refractivity contribution in [3.8, 4) is 0 Å². The van der Waals surface area contributed by atoms with Gasteiger partial charge in [0.25, 0.3) is 0 Å². The van der Waals surface area contributed by atoms with Crippen LogP contribution in [0.15, 0.2) is 42.5 Å². The number of aryl methyl sites for hydroxylation is 1. The third kappa shape index (κ3) is 7.19. The smallest absolute Gasteiger partial charge is 0.338 e. The standard InChI is InChI=1S/C22H26N2O4S/c1-13(2)27-20(25)16-10-17(21(26)28-14(3)4)12-19(11-16)24-22(29)23-18-8-6-7-15(5)9-18/h6-14H,1-5H3,(H2,23,24,29). The molecule has 0 aliphatic carbocycles. The summed E-state index contributed by atoms with van der Waals surface area (Å²) in [6.07, 6.45) is -0.566. The van der Waals surface area contributed by atoms with Crippen LogP contribution in [0.25, 0.3) is 0 Å². The van der Waals surface area contributed by atoms with Gasteiger partial charge in [0.2, 0.25) is 0 Å². The zero-order valence-electron chi connectivity index (χ0n) is 17.2. The first-order valence-corrected chi connectivity index (χ1v) is 9.76. The highest BCUT2D eigenvalue weighted by Gasteiger charge is 2.17. The van der Waals surface area contributed by atoms with Crippen LogP contribution < -0.4 is 10.6 Å². The molecule has 29 heavy (non-hydrogen) atoms. The number of hydrogen-bond acceptors (Lipinski definition) is 5. The fraction of sp³-hybridized carbons (Fsp3) is 0.318. The van der Waals surface area contributed by atoms with E-state index in [0.29, 0.717) is 10.8 Å². The quantitative estimate of drug-likeness (QED) is 0.512. The van der Waals surface area contributed by atoms with E-state index in [0.717, 1.165) is 11.3 Å². The molecule has 0 amide bonds. The molecule has 2 N–H and O–H groups in total. The molecule has 2 aromatic rings. The lowest BCUT2D eigenvalue weighted by Gasteiger charge is -2.15. The van der Waals surface area contributed by atoms with Crippen molar-refractivity contribution in [2.75, 3.05) is 10.6 Å². The number of carbonyl (C=O) groups is 2. The molecule has 2 aromatic carbocycles. The van der Waals surface area contributed by atoms with Gasteiger partial charge in [0.15, 0.2) is 5.11 Å². The number of rotatable bonds is 6. The minimum atomic E-state index is -0.528. The maximum absolute atomic E-state index is 12.4. The zero-order chi connectivity index (χ0) is 21.6. The third-order valence-electron chi connectivity index (χ3n) is 3.62. The van der Waals surface area contributed by atoms with Crippen molar-refractivity contribution in [2.45, 2.75) is 46.8 Å². The van der Waals surface area contributed by atoms with Crippen molar-refractivity contribution < 1.29 is 19.1 Å². The normalized spacial score (nSPS) is 10.6. The van der Waals surface area contributed by atoms with Crippen molar-refractivity contribution >= 4 is 40.6 Å². The summed E-state index contributed by atoms with van der Waals surface area (Å²) in [6, 6.07) is 12.4. The first-order chi connectivity index (χ1) is 13.6. The SMILES string of the molecule is Cc1cccc(NC(=S)Nc2cc(C(=O)OC(C)C)cc(C(=O)OC(C)C)c2)c1. The van der Waals surface area contributed by atoms with E-state index in [-0.39, 0.29) is 23.3 Å². The first-order valence-electron chi connectivity index (χ1n) is 9.35. The monoisotopic (exact) mass is 414 g/mol. The summed E-state index contributed by atoms with van der Waals surface area (Å²) in [4.78, 5) is 24.7. The Morgan fingerprint density at radius 2 is 1.34 bits per heavy atom. The van der Waals surface area contributed by atoms with Crippen LogP contribution in [-0.2, 0) is 9.47 Å². The van der Waals surface area contributed by atoms with E-state index in [4.69, 9.17) is 21.7 Å². The zero-order valence-corrected chi connectivity index (χ0v) is 18.1. The van der Waals surface area contributed by atoms with Gasteiger partial charge in [-0.25, -0.2) is 9.59 Å². The molecule has 154 valence electrons. The van der Waals surface area contributed by atoms with Gasteiger partial charge in [-0.1, -0.05) is 12.1 Å². The average molecular weight is 415 g/mol. The molecule has 7 heteroatoms. The first kappa shape index (κ1) is 22.4. The summed E-state index contributed by atoms with van der Waals surface area (Å²) in [5.74, 6) is -1.06. The van der Waals surface area contributed by atoms with Crippen molar-refractivity contribution in [2.24, 2.45) is 0 Å². The Morgan fingerprint density at radius 1 is 0.828 bits per heavy atom. The van der Waals surface area contributed by atoms with Gasteiger partial charge in [0, 0.05) is 11.4 Å². The number of nitrogens with one attached hydrogen (secondary N) is 2. The maximum atomic E-state index is 12.4. The molecule has 0 atom stereocenters. The van der Waals surface area contributed by atoms with Gasteiger partial charge in [-0.05, 0) is 82.7 Å². The van der Waals surface area contributed by atoms with Crippen LogP contribution in [0.1, 0.15) is 54.0 Å². The van der Waals surface area contributed by atoms with Gasteiger partial charge in [0.05, 0.1) is 23.3 Å². The van der Waals surface area contributed by atoms with Gasteiger partial charge in [-0.15, -0.1) is 0 Å². The fourth-order valence-electron chi connectivity index (χ4n) is 2.52. The molecule has 0 fully saturated rings. The Bertz CT molecular complexity index is 869. The number of hydrogen-bond donors (Lipinski definition) is 2. The molecule has 0 saturated heterocycles. The van der Waals surface area contributed by atoms with Gasteiger partial charge < -0.3 is 20.1 Å². The van der Waals surface area contributed by atoms with Crippen LogP contribution >= 0.6 is 12.2 Å². The minimum Gasteiger partial charge on any atom is -0.459 e. The van der Waals surface area contributed by atoms with Crippen molar-refractivity contribution in [3.05, 3.63) is 59.2 Å². The number of benzene rings is 2. The van der Waals surface area contributed by atoms with Crippen molar-refractivity contribution in [3.63, 3.8) is 0 Å². The topological polar surface area (TPSA) is 76.7 Å². The Hall–Kier alpha value is -2.93. The second kappa shape index (κ2) is 10.0. The number of ether oxygens (including phenoxy) is 2. The predicted molar refractivity (Wildman–Crippen MR) is 119 cm³/mol. The van der Waals surface area contributed by atoms with Crippen LogP contribution in [0.3, 0.4) is 0 Å². The second-order valence-electron chi connectivity index (χ2n) is 7.16. The molecule has 0 aliphatic rings. The van der Waals surface area contributed by atoms with Crippen molar-refractivity contribution in [1.29, 1.82) is 0 Å². The number of anilines is 2.